The monoisotopic (exact) mass is 454 g/mol. The molecule has 0 atom stereocenters. The average molecular weight is 454 g/mol. The third-order valence-corrected chi connectivity index (χ3v) is 4.24. The van der Waals surface area contributed by atoms with Crippen LogP contribution in [0.2, 0.25) is 0 Å². The Labute approximate surface area is 181 Å². The first-order valence-electron chi connectivity index (χ1n) is 9.57. The van der Waals surface area contributed by atoms with E-state index in [2.05, 4.69) is 16.0 Å². The predicted octanol–water partition coefficient (Wildman–Crippen LogP) is 3.23. The number of benzene rings is 2. The molecule has 32 heavy (non-hydrogen) atoms. The average Bonchev–Trinajstić information content (AvgIpc) is 2.72. The second-order valence-corrected chi connectivity index (χ2v) is 6.77. The van der Waals surface area contributed by atoms with Gasteiger partial charge in [0.2, 0.25) is 5.91 Å². The van der Waals surface area contributed by atoms with E-state index in [4.69, 9.17) is 0 Å². The third-order valence-electron chi connectivity index (χ3n) is 4.24. The molecule has 0 saturated carbocycles. The van der Waals surface area contributed by atoms with E-state index in [1.165, 1.54) is 13.0 Å². The van der Waals surface area contributed by atoms with Crippen molar-refractivity contribution >= 4 is 29.1 Å². The molecule has 7 nitrogen and oxygen atoms in total. The van der Waals surface area contributed by atoms with Gasteiger partial charge in [-0.3, -0.25) is 14.4 Å². The standard InChI is InChI=1S/C21H22F4N4O3/c1-3-26-19(31)13-5-4-6-15(7-13)29-18(30)10-27-17-9-14(8-16(22)12(17)2)20(32)28-11-21(23,24)25/h4-9,27H,3,10-11H2,1-2H3,(H,26,31)(H,28,32)(H,29,30). The van der Waals surface area contributed by atoms with Gasteiger partial charge in [-0.05, 0) is 44.2 Å². The minimum absolute atomic E-state index is 0.0772. The molecule has 172 valence electrons. The smallest absolute Gasteiger partial charge is 0.376 e. The Morgan fingerprint density at radius 2 is 1.66 bits per heavy atom. The van der Waals surface area contributed by atoms with Crippen molar-refractivity contribution in [3.8, 4) is 0 Å². The lowest BCUT2D eigenvalue weighted by molar-refractivity contribution is -0.123. The summed E-state index contributed by atoms with van der Waals surface area (Å²) in [6.07, 6.45) is -4.60. The number of nitrogens with one attached hydrogen (secondary N) is 4. The maximum absolute atomic E-state index is 14.1. The second-order valence-electron chi connectivity index (χ2n) is 6.77. The first-order valence-corrected chi connectivity index (χ1v) is 9.57. The van der Waals surface area contributed by atoms with Gasteiger partial charge >= 0.3 is 6.18 Å². The lowest BCUT2D eigenvalue weighted by Gasteiger charge is -2.14. The molecule has 0 bridgehead atoms. The van der Waals surface area contributed by atoms with E-state index in [9.17, 15) is 31.9 Å². The molecular weight excluding hydrogens is 432 g/mol. The highest BCUT2D eigenvalue weighted by molar-refractivity contribution is 5.98. The van der Waals surface area contributed by atoms with Crippen LogP contribution < -0.4 is 21.3 Å². The maximum atomic E-state index is 14.1. The molecule has 0 aliphatic rings. The van der Waals surface area contributed by atoms with Crippen LogP contribution in [0.15, 0.2) is 36.4 Å². The first-order chi connectivity index (χ1) is 15.0. The Morgan fingerprint density at radius 1 is 0.969 bits per heavy atom. The number of hydrogen-bond acceptors (Lipinski definition) is 4. The summed E-state index contributed by atoms with van der Waals surface area (Å²) in [6, 6.07) is 8.22. The van der Waals surface area contributed by atoms with Crippen molar-refractivity contribution in [2.24, 2.45) is 0 Å². The van der Waals surface area contributed by atoms with Crippen LogP contribution in [0, 0.1) is 12.7 Å². The summed E-state index contributed by atoms with van der Waals surface area (Å²) in [5, 5.41) is 9.54. The number of rotatable bonds is 8. The molecule has 0 aliphatic carbocycles. The Kier molecular flexibility index (Phi) is 8.16. The Bertz CT molecular complexity index is 1010. The Hall–Kier alpha value is -3.63. The van der Waals surface area contributed by atoms with Gasteiger partial charge in [0.1, 0.15) is 12.4 Å². The molecule has 0 aliphatic heterocycles. The van der Waals surface area contributed by atoms with E-state index in [-0.39, 0.29) is 29.3 Å². The van der Waals surface area contributed by atoms with Crippen LogP contribution in [0.1, 0.15) is 33.2 Å². The Morgan fingerprint density at radius 3 is 2.31 bits per heavy atom. The van der Waals surface area contributed by atoms with E-state index in [0.29, 0.717) is 17.8 Å². The lowest BCUT2D eigenvalue weighted by atomic mass is 10.1. The summed E-state index contributed by atoms with van der Waals surface area (Å²) >= 11 is 0. The van der Waals surface area contributed by atoms with Crippen molar-refractivity contribution in [2.75, 3.05) is 30.3 Å². The van der Waals surface area contributed by atoms with E-state index < -0.39 is 30.4 Å². The number of carbonyl (C=O) groups is 3. The molecule has 0 unspecified atom stereocenters. The summed E-state index contributed by atoms with van der Waals surface area (Å²) in [4.78, 5) is 36.0. The lowest BCUT2D eigenvalue weighted by Crippen LogP contribution is -2.33. The van der Waals surface area contributed by atoms with Gasteiger partial charge in [0.15, 0.2) is 0 Å². The molecule has 0 fully saturated rings. The minimum Gasteiger partial charge on any atom is -0.376 e. The highest BCUT2D eigenvalue weighted by Gasteiger charge is 2.28. The van der Waals surface area contributed by atoms with Gasteiger partial charge in [-0.1, -0.05) is 6.07 Å². The van der Waals surface area contributed by atoms with Gasteiger partial charge in [-0.15, -0.1) is 0 Å². The van der Waals surface area contributed by atoms with Crippen molar-refractivity contribution < 1.29 is 31.9 Å². The van der Waals surface area contributed by atoms with Crippen molar-refractivity contribution in [1.29, 1.82) is 0 Å². The van der Waals surface area contributed by atoms with E-state index in [0.717, 1.165) is 12.1 Å². The minimum atomic E-state index is -4.60. The zero-order valence-electron chi connectivity index (χ0n) is 17.3. The molecule has 2 aromatic rings. The molecule has 3 amide bonds. The van der Waals surface area contributed by atoms with Crippen molar-refractivity contribution in [3.05, 3.63) is 58.9 Å². The summed E-state index contributed by atoms with van der Waals surface area (Å²) < 4.78 is 51.0. The van der Waals surface area contributed by atoms with Crippen LogP contribution in [-0.2, 0) is 4.79 Å². The summed E-state index contributed by atoms with van der Waals surface area (Å²) in [7, 11) is 0. The maximum Gasteiger partial charge on any atom is 0.405 e. The highest BCUT2D eigenvalue weighted by Crippen LogP contribution is 2.21. The number of halogens is 4. The molecule has 0 spiro atoms. The van der Waals surface area contributed by atoms with Gasteiger partial charge in [0.05, 0.1) is 6.54 Å². The molecule has 0 heterocycles. The van der Waals surface area contributed by atoms with Gasteiger partial charge in [-0.25, -0.2) is 4.39 Å². The van der Waals surface area contributed by atoms with Gasteiger partial charge < -0.3 is 21.3 Å². The highest BCUT2D eigenvalue weighted by atomic mass is 19.4. The quantitative estimate of drug-likeness (QED) is 0.461. The fourth-order valence-electron chi connectivity index (χ4n) is 2.66. The second kappa shape index (κ2) is 10.6. The van der Waals surface area contributed by atoms with Crippen molar-refractivity contribution in [3.63, 3.8) is 0 Å². The number of hydrogen-bond donors (Lipinski definition) is 4. The molecule has 0 saturated heterocycles. The molecule has 0 radical (unpaired) electrons. The molecule has 11 heteroatoms. The molecule has 4 N–H and O–H groups in total. The Balaban J connectivity index is 2.04. The fourth-order valence-corrected chi connectivity index (χ4v) is 2.66. The van der Waals surface area contributed by atoms with Gasteiger partial charge in [0.25, 0.3) is 11.8 Å². The van der Waals surface area contributed by atoms with Crippen LogP contribution in [0.25, 0.3) is 0 Å². The predicted molar refractivity (Wildman–Crippen MR) is 111 cm³/mol. The summed E-state index contributed by atoms with van der Waals surface area (Å²) in [6.45, 7) is 1.74. The zero-order valence-corrected chi connectivity index (χ0v) is 17.3. The van der Waals surface area contributed by atoms with E-state index in [1.807, 2.05) is 0 Å². The van der Waals surface area contributed by atoms with Gasteiger partial charge in [-0.2, -0.15) is 13.2 Å². The van der Waals surface area contributed by atoms with Crippen LogP contribution >= 0.6 is 0 Å². The van der Waals surface area contributed by atoms with Crippen LogP contribution in [-0.4, -0.2) is 43.5 Å². The normalized spacial score (nSPS) is 10.9. The summed E-state index contributed by atoms with van der Waals surface area (Å²) in [5.74, 6) is -2.74. The topological polar surface area (TPSA) is 99.3 Å². The van der Waals surface area contributed by atoms with Crippen LogP contribution in [0.3, 0.4) is 0 Å². The number of amides is 3. The van der Waals surface area contributed by atoms with E-state index in [1.54, 1.807) is 30.4 Å². The number of anilines is 2. The van der Waals surface area contributed by atoms with Crippen LogP contribution in [0.4, 0.5) is 28.9 Å². The SMILES string of the molecule is CCNC(=O)c1cccc(NC(=O)CNc2cc(C(=O)NCC(F)(F)F)cc(F)c2C)c1. The largest absolute Gasteiger partial charge is 0.405 e. The first kappa shape index (κ1) is 24.6. The summed E-state index contributed by atoms with van der Waals surface area (Å²) in [5.41, 5.74) is 0.559. The van der Waals surface area contributed by atoms with Crippen molar-refractivity contribution in [1.82, 2.24) is 10.6 Å². The fraction of sp³-hybridized carbons (Fsp3) is 0.286. The van der Waals surface area contributed by atoms with Crippen LogP contribution in [0.5, 0.6) is 0 Å². The number of alkyl halides is 3. The molecular formula is C21H22F4N4O3. The number of carbonyl (C=O) groups excluding carboxylic acids is 3. The molecule has 0 aromatic heterocycles. The molecule has 2 aromatic carbocycles. The molecule has 2 rings (SSSR count). The van der Waals surface area contributed by atoms with Crippen molar-refractivity contribution in [2.45, 2.75) is 20.0 Å². The van der Waals surface area contributed by atoms with E-state index >= 15 is 0 Å². The van der Waals surface area contributed by atoms with Gasteiger partial charge in [0, 0.05) is 34.6 Å². The zero-order chi connectivity index (χ0) is 23.9. The third kappa shape index (κ3) is 7.25.